The van der Waals surface area contributed by atoms with Crippen LogP contribution in [0.15, 0.2) is 24.3 Å². The molecule has 0 saturated heterocycles. The number of aliphatic hydroxyl groups is 1. The molecule has 3 atom stereocenters. The minimum atomic E-state index is -0.779. The van der Waals surface area contributed by atoms with Crippen molar-refractivity contribution in [3.05, 3.63) is 29.8 Å². The summed E-state index contributed by atoms with van der Waals surface area (Å²) in [5, 5.41) is 12.7. The van der Waals surface area contributed by atoms with E-state index in [-0.39, 0.29) is 30.8 Å². The normalized spacial score (nSPS) is 14.5. The van der Waals surface area contributed by atoms with E-state index in [1.807, 2.05) is 13.8 Å². The van der Waals surface area contributed by atoms with Gasteiger partial charge in [-0.3, -0.25) is 4.79 Å². The van der Waals surface area contributed by atoms with Crippen LogP contribution in [0.2, 0.25) is 0 Å². The lowest BCUT2D eigenvalue weighted by atomic mass is 9.99. The SMILES string of the molecule is CCC(C)C(N)C(=O)NCC(O)c1cccc(OC)c1.Cl. The number of hydrogen-bond donors (Lipinski definition) is 3. The summed E-state index contributed by atoms with van der Waals surface area (Å²) in [5.74, 6) is 0.550. The number of benzene rings is 1. The first-order valence-corrected chi connectivity index (χ1v) is 6.84. The van der Waals surface area contributed by atoms with Gasteiger partial charge in [0.05, 0.1) is 19.3 Å². The number of carbonyl (C=O) groups excluding carboxylic acids is 1. The predicted molar refractivity (Wildman–Crippen MR) is 85.6 cm³/mol. The number of amides is 1. The van der Waals surface area contributed by atoms with E-state index in [1.165, 1.54) is 0 Å². The van der Waals surface area contributed by atoms with Crippen molar-refractivity contribution in [1.82, 2.24) is 5.32 Å². The molecule has 1 rings (SSSR count). The number of rotatable bonds is 7. The van der Waals surface area contributed by atoms with Gasteiger partial charge in [-0.15, -0.1) is 12.4 Å². The summed E-state index contributed by atoms with van der Waals surface area (Å²) < 4.78 is 5.10. The molecule has 0 fully saturated rings. The molecule has 0 aromatic heterocycles. The molecule has 120 valence electrons. The molecule has 0 radical (unpaired) electrons. The molecule has 0 aliphatic carbocycles. The highest BCUT2D eigenvalue weighted by Crippen LogP contribution is 2.18. The Bertz CT molecular complexity index is 443. The molecule has 0 heterocycles. The van der Waals surface area contributed by atoms with E-state index >= 15 is 0 Å². The fraction of sp³-hybridized carbons (Fsp3) is 0.533. The molecule has 1 aromatic carbocycles. The Balaban J connectivity index is 0.00000400. The van der Waals surface area contributed by atoms with E-state index in [2.05, 4.69) is 5.32 Å². The van der Waals surface area contributed by atoms with Crippen LogP contribution in [0.1, 0.15) is 31.9 Å². The van der Waals surface area contributed by atoms with Gasteiger partial charge in [-0.1, -0.05) is 32.4 Å². The molecular weight excluding hydrogens is 292 g/mol. The molecule has 1 aromatic rings. The van der Waals surface area contributed by atoms with Gasteiger partial charge in [0, 0.05) is 6.54 Å². The van der Waals surface area contributed by atoms with Crippen molar-refractivity contribution in [2.75, 3.05) is 13.7 Å². The Morgan fingerprint density at radius 2 is 2.14 bits per heavy atom. The molecule has 0 aliphatic rings. The highest BCUT2D eigenvalue weighted by atomic mass is 35.5. The maximum Gasteiger partial charge on any atom is 0.237 e. The van der Waals surface area contributed by atoms with Crippen molar-refractivity contribution in [2.45, 2.75) is 32.4 Å². The van der Waals surface area contributed by atoms with E-state index in [0.29, 0.717) is 11.3 Å². The van der Waals surface area contributed by atoms with Crippen LogP contribution in [-0.4, -0.2) is 30.7 Å². The Morgan fingerprint density at radius 3 is 2.71 bits per heavy atom. The third-order valence-corrected chi connectivity index (χ3v) is 3.51. The van der Waals surface area contributed by atoms with Crippen LogP contribution in [0.25, 0.3) is 0 Å². The molecular formula is C15H25ClN2O3. The predicted octanol–water partition coefficient (Wildman–Crippen LogP) is 1.64. The standard InChI is InChI=1S/C15H24N2O3.ClH/c1-4-10(2)14(16)15(19)17-9-13(18)11-6-5-7-12(8-11)20-3;/h5-8,10,13-14,18H,4,9,16H2,1-3H3,(H,17,19);1H. The van der Waals surface area contributed by atoms with Crippen molar-refractivity contribution in [2.24, 2.45) is 11.7 Å². The Labute approximate surface area is 132 Å². The fourth-order valence-electron chi connectivity index (χ4n) is 1.79. The van der Waals surface area contributed by atoms with Crippen molar-refractivity contribution >= 4 is 18.3 Å². The van der Waals surface area contributed by atoms with Gasteiger partial charge in [-0.05, 0) is 23.6 Å². The number of nitrogens with two attached hydrogens (primary N) is 1. The Kier molecular flexibility index (Phi) is 9.01. The van der Waals surface area contributed by atoms with Gasteiger partial charge in [-0.25, -0.2) is 0 Å². The zero-order valence-electron chi connectivity index (χ0n) is 12.7. The van der Waals surface area contributed by atoms with Crippen molar-refractivity contribution in [3.63, 3.8) is 0 Å². The second-order valence-corrected chi connectivity index (χ2v) is 4.95. The number of aliphatic hydroxyl groups excluding tert-OH is 1. The maximum atomic E-state index is 11.8. The Hall–Kier alpha value is -1.30. The lowest BCUT2D eigenvalue weighted by Crippen LogP contribution is -2.45. The summed E-state index contributed by atoms with van der Waals surface area (Å²) >= 11 is 0. The molecule has 1 amide bonds. The minimum Gasteiger partial charge on any atom is -0.497 e. The second-order valence-electron chi connectivity index (χ2n) is 4.95. The van der Waals surface area contributed by atoms with Crippen molar-refractivity contribution in [1.29, 1.82) is 0 Å². The van der Waals surface area contributed by atoms with Crippen LogP contribution < -0.4 is 15.8 Å². The van der Waals surface area contributed by atoms with Crippen LogP contribution in [0.4, 0.5) is 0 Å². The van der Waals surface area contributed by atoms with E-state index < -0.39 is 12.1 Å². The zero-order valence-corrected chi connectivity index (χ0v) is 13.5. The summed E-state index contributed by atoms with van der Waals surface area (Å²) in [6.07, 6.45) is 0.0608. The van der Waals surface area contributed by atoms with Gasteiger partial charge >= 0.3 is 0 Å². The third-order valence-electron chi connectivity index (χ3n) is 3.51. The Morgan fingerprint density at radius 1 is 1.48 bits per heavy atom. The summed E-state index contributed by atoms with van der Waals surface area (Å²) in [6, 6.07) is 6.58. The minimum absolute atomic E-state index is 0. The largest absolute Gasteiger partial charge is 0.497 e. The summed E-state index contributed by atoms with van der Waals surface area (Å²) in [4.78, 5) is 11.8. The number of methoxy groups -OCH3 is 1. The number of carbonyl (C=O) groups is 1. The molecule has 0 spiro atoms. The van der Waals surface area contributed by atoms with Crippen LogP contribution in [0, 0.1) is 5.92 Å². The van der Waals surface area contributed by atoms with Crippen LogP contribution in [0.3, 0.4) is 0 Å². The van der Waals surface area contributed by atoms with E-state index in [9.17, 15) is 9.90 Å². The van der Waals surface area contributed by atoms with Crippen LogP contribution in [0.5, 0.6) is 5.75 Å². The molecule has 0 aliphatic heterocycles. The van der Waals surface area contributed by atoms with Crippen LogP contribution >= 0.6 is 12.4 Å². The lowest BCUT2D eigenvalue weighted by Gasteiger charge is -2.19. The summed E-state index contributed by atoms with van der Waals surface area (Å²) in [5.41, 5.74) is 6.52. The van der Waals surface area contributed by atoms with E-state index in [4.69, 9.17) is 10.5 Å². The van der Waals surface area contributed by atoms with Gasteiger partial charge in [0.1, 0.15) is 5.75 Å². The number of ether oxygens (including phenoxy) is 1. The van der Waals surface area contributed by atoms with Gasteiger partial charge in [0.15, 0.2) is 0 Å². The highest BCUT2D eigenvalue weighted by Gasteiger charge is 2.20. The molecule has 5 nitrogen and oxygen atoms in total. The molecule has 0 saturated carbocycles. The zero-order chi connectivity index (χ0) is 15.1. The average Bonchev–Trinajstić information content (AvgIpc) is 2.50. The van der Waals surface area contributed by atoms with Gasteiger partial charge in [-0.2, -0.15) is 0 Å². The summed E-state index contributed by atoms with van der Waals surface area (Å²) in [7, 11) is 1.57. The summed E-state index contributed by atoms with van der Waals surface area (Å²) in [6.45, 7) is 4.06. The first-order chi connectivity index (χ1) is 9.49. The molecule has 0 bridgehead atoms. The van der Waals surface area contributed by atoms with Gasteiger partial charge in [0.2, 0.25) is 5.91 Å². The lowest BCUT2D eigenvalue weighted by molar-refractivity contribution is -0.123. The quantitative estimate of drug-likeness (QED) is 0.714. The first-order valence-electron chi connectivity index (χ1n) is 6.84. The van der Waals surface area contributed by atoms with Gasteiger partial charge < -0.3 is 20.9 Å². The highest BCUT2D eigenvalue weighted by molar-refractivity contribution is 5.85. The molecule has 4 N–H and O–H groups in total. The average molecular weight is 317 g/mol. The smallest absolute Gasteiger partial charge is 0.237 e. The topological polar surface area (TPSA) is 84.6 Å². The number of halogens is 1. The first kappa shape index (κ1) is 19.7. The van der Waals surface area contributed by atoms with Gasteiger partial charge in [0.25, 0.3) is 0 Å². The van der Waals surface area contributed by atoms with Crippen molar-refractivity contribution in [3.8, 4) is 5.75 Å². The van der Waals surface area contributed by atoms with Crippen LogP contribution in [-0.2, 0) is 4.79 Å². The second kappa shape index (κ2) is 9.60. The molecule has 21 heavy (non-hydrogen) atoms. The number of nitrogens with one attached hydrogen (secondary N) is 1. The maximum absolute atomic E-state index is 11.8. The molecule has 3 unspecified atom stereocenters. The monoisotopic (exact) mass is 316 g/mol. The number of hydrogen-bond acceptors (Lipinski definition) is 4. The fourth-order valence-corrected chi connectivity index (χ4v) is 1.79. The van der Waals surface area contributed by atoms with Crippen molar-refractivity contribution < 1.29 is 14.6 Å². The third kappa shape index (κ3) is 5.91. The van der Waals surface area contributed by atoms with E-state index in [1.54, 1.807) is 31.4 Å². The van der Waals surface area contributed by atoms with E-state index in [0.717, 1.165) is 6.42 Å². The molecule has 6 heteroatoms.